The number of fused-ring (bicyclic) bond motifs is 8. The van der Waals surface area contributed by atoms with Gasteiger partial charge in [-0.1, -0.05) is 83.7 Å². The number of carbonyl (C=O) groups excluding carboxylic acids is 5. The zero-order valence-corrected chi connectivity index (χ0v) is 44.5. The molecule has 6 atom stereocenters. The molecule has 2 fully saturated rings. The molecule has 74 heavy (non-hydrogen) atoms. The van der Waals surface area contributed by atoms with Gasteiger partial charge in [-0.15, -0.1) is 0 Å². The highest BCUT2D eigenvalue weighted by Crippen LogP contribution is 2.42. The number of pyridine rings is 1. The lowest BCUT2D eigenvalue weighted by Gasteiger charge is -2.36. The molecular formula is C56H79FN12O5. The number of nitrogens with zero attached hydrogens (tertiary/aromatic N) is 6. The zero-order valence-electron chi connectivity index (χ0n) is 44.5. The molecule has 0 spiro atoms. The second-order valence-electron chi connectivity index (χ2n) is 21.4. The first kappa shape index (κ1) is 55.4. The lowest BCUT2D eigenvalue weighted by Crippen LogP contribution is -2.59. The Morgan fingerprint density at radius 2 is 1.69 bits per heavy atom. The van der Waals surface area contributed by atoms with Gasteiger partial charge in [0.25, 0.3) is 5.91 Å². The van der Waals surface area contributed by atoms with Gasteiger partial charge in [0.05, 0.1) is 42.6 Å². The van der Waals surface area contributed by atoms with Gasteiger partial charge < -0.3 is 47.0 Å². The number of carbonyl (C=O) groups is 5. The van der Waals surface area contributed by atoms with Crippen LogP contribution in [0.25, 0.3) is 11.1 Å². The molecule has 0 saturated carbocycles. The van der Waals surface area contributed by atoms with Gasteiger partial charge in [0.2, 0.25) is 23.6 Å². The average Bonchev–Trinajstić information content (AvgIpc) is 4.15. The smallest absolute Gasteiger partial charge is 0.254 e. The van der Waals surface area contributed by atoms with Crippen molar-refractivity contribution < 1.29 is 28.4 Å². The van der Waals surface area contributed by atoms with Crippen molar-refractivity contribution in [3.05, 3.63) is 95.2 Å². The number of benzene rings is 2. The molecule has 18 heteroatoms. The molecule has 2 bridgehead atoms. The molecule has 7 N–H and O–H groups in total. The van der Waals surface area contributed by atoms with E-state index in [1.54, 1.807) is 47.8 Å². The predicted octanol–water partition coefficient (Wildman–Crippen LogP) is 6.41. The summed E-state index contributed by atoms with van der Waals surface area (Å²) in [5.41, 5.74) is 11.0. The summed E-state index contributed by atoms with van der Waals surface area (Å²) in [6.07, 6.45) is 12.5. The first-order valence-electron chi connectivity index (χ1n) is 26.7. The number of nitrogens with one attached hydrogen (secondary N) is 5. The molecule has 5 amide bonds. The van der Waals surface area contributed by atoms with E-state index in [2.05, 4.69) is 36.5 Å². The van der Waals surface area contributed by atoms with Crippen LogP contribution in [0.4, 0.5) is 15.9 Å². The molecule has 2 saturated heterocycles. The Bertz CT molecular complexity index is 2580. The van der Waals surface area contributed by atoms with Gasteiger partial charge in [0.1, 0.15) is 23.7 Å². The Labute approximate surface area is 436 Å². The van der Waals surface area contributed by atoms with Gasteiger partial charge in [0, 0.05) is 68.2 Å². The fourth-order valence-electron chi connectivity index (χ4n) is 10.5. The number of nitrogen functional groups attached to an aromatic ring is 1. The molecule has 2 aromatic heterocycles. The van der Waals surface area contributed by atoms with E-state index in [0.717, 1.165) is 80.3 Å². The van der Waals surface area contributed by atoms with E-state index < -0.39 is 29.4 Å². The third-order valence-corrected chi connectivity index (χ3v) is 14.9. The molecule has 0 unspecified atom stereocenters. The van der Waals surface area contributed by atoms with Crippen LogP contribution < -0.4 is 37.2 Å². The summed E-state index contributed by atoms with van der Waals surface area (Å²) in [6, 6.07) is 13.7. The van der Waals surface area contributed by atoms with Gasteiger partial charge in [-0.2, -0.15) is 5.10 Å². The van der Waals surface area contributed by atoms with Crippen LogP contribution in [0.3, 0.4) is 0 Å². The van der Waals surface area contributed by atoms with E-state index >= 15 is 0 Å². The summed E-state index contributed by atoms with van der Waals surface area (Å²) < 4.78 is 16.5. The molecule has 4 aromatic rings. The van der Waals surface area contributed by atoms with E-state index in [1.165, 1.54) is 12.1 Å². The van der Waals surface area contributed by atoms with E-state index in [9.17, 15) is 28.4 Å². The number of rotatable bonds is 21. The quantitative estimate of drug-likeness (QED) is 0.0503. The maximum absolute atomic E-state index is 14.7. The Balaban J connectivity index is 0.859. The van der Waals surface area contributed by atoms with Crippen molar-refractivity contribution in [2.45, 2.75) is 155 Å². The van der Waals surface area contributed by atoms with Crippen molar-refractivity contribution in [1.82, 2.24) is 51.1 Å². The Morgan fingerprint density at radius 1 is 0.946 bits per heavy atom. The van der Waals surface area contributed by atoms with Crippen molar-refractivity contribution in [3.8, 4) is 11.1 Å². The highest BCUT2D eigenvalue weighted by molar-refractivity contribution is 5.96. The molecule has 5 heterocycles. The van der Waals surface area contributed by atoms with Crippen LogP contribution >= 0.6 is 0 Å². The lowest BCUT2D eigenvalue weighted by molar-refractivity contribution is -0.144. The van der Waals surface area contributed by atoms with Gasteiger partial charge in [0.15, 0.2) is 0 Å². The van der Waals surface area contributed by atoms with Gasteiger partial charge >= 0.3 is 0 Å². The molecule has 0 aliphatic carbocycles. The second kappa shape index (κ2) is 25.2. The number of unbranched alkanes of at least 4 members (excludes halogenated alkanes) is 5. The minimum absolute atomic E-state index is 0.0155. The highest BCUT2D eigenvalue weighted by atomic mass is 19.1. The predicted molar refractivity (Wildman–Crippen MR) is 286 cm³/mol. The molecular weight excluding hydrogens is 940 g/mol. The summed E-state index contributed by atoms with van der Waals surface area (Å²) >= 11 is 0. The Kier molecular flexibility index (Phi) is 18.9. The monoisotopic (exact) mass is 1020 g/mol. The van der Waals surface area contributed by atoms with Crippen molar-refractivity contribution in [3.63, 3.8) is 0 Å². The second-order valence-corrected chi connectivity index (χ2v) is 21.4. The maximum Gasteiger partial charge on any atom is 0.254 e. The van der Waals surface area contributed by atoms with Crippen LogP contribution in [0.5, 0.6) is 0 Å². The first-order chi connectivity index (χ1) is 35.5. The van der Waals surface area contributed by atoms with Crippen molar-refractivity contribution in [2.24, 2.45) is 5.41 Å². The third kappa shape index (κ3) is 13.7. The van der Waals surface area contributed by atoms with Crippen LogP contribution in [0, 0.1) is 11.2 Å². The molecule has 17 nitrogen and oxygen atoms in total. The standard InChI is InChI=1S/C56H79FN12O5/c1-8-44(37-19-14-13-15-20-37)63-53(72)48-31-40(33-69(48)55(74)50(56(3,4)5)64-52(71)36(2)59-6)60-25-17-12-10-9-11-16-22-49(70)61-26-28-67-34-43-38-29-47(51(58)62-32-38)68-27-18-21-46(68)42-30-39(57)23-24-41(42)54(73)66(7)35-45(43)65-67/h13-15,19-20,23-24,29-30,32,34,36,40,44,46,48,50,59-60H,8-12,16-18,21-22,25-28,31,33,35H2,1-7H3,(H2,58,62)(H,61,70)(H,63,72)(H,64,71)/t36-,40-,44+,46-,48-,50+/m1/s1. The number of halogens is 1. The SMILES string of the molecule is CC[C@H](NC(=O)[C@H]1C[C@@H](NCCCCCCCCC(=O)NCCn2cc3c(n2)CN(C)C(=O)c2ccc(F)cc2[C@H]2CCCN2c2cc-3cnc2N)CN1C(=O)[C@H](NC(=O)[C@@H](C)NC)C(C)(C)C)c1ccccc1. The molecule has 400 valence electrons. The number of nitrogens with two attached hydrogens (primary N) is 1. The van der Waals surface area contributed by atoms with E-state index in [1.807, 2.05) is 70.3 Å². The largest absolute Gasteiger partial charge is 0.382 e. The average molecular weight is 1020 g/mol. The molecule has 7 rings (SSSR count). The number of likely N-dealkylation sites (tertiary alicyclic amines) is 1. The normalized spacial score (nSPS) is 18.8. The fraction of sp³-hybridized carbons (Fsp3) is 0.554. The topological polar surface area (TPSA) is 212 Å². The minimum Gasteiger partial charge on any atom is -0.382 e. The van der Waals surface area contributed by atoms with E-state index in [4.69, 9.17) is 10.8 Å². The maximum atomic E-state index is 14.7. The van der Waals surface area contributed by atoms with Crippen LogP contribution in [0.2, 0.25) is 0 Å². The number of aromatic nitrogens is 3. The Hall–Kier alpha value is -6.40. The summed E-state index contributed by atoms with van der Waals surface area (Å²) in [7, 11) is 3.43. The molecule has 0 radical (unpaired) electrons. The van der Waals surface area contributed by atoms with Gasteiger partial charge in [-0.25, -0.2) is 9.37 Å². The first-order valence-corrected chi connectivity index (χ1v) is 26.7. The van der Waals surface area contributed by atoms with E-state index in [-0.39, 0.29) is 54.2 Å². The highest BCUT2D eigenvalue weighted by Gasteiger charge is 2.45. The number of hydrogen-bond donors (Lipinski definition) is 6. The third-order valence-electron chi connectivity index (χ3n) is 14.9. The molecule has 3 aliphatic rings. The number of anilines is 2. The number of amides is 5. The Morgan fingerprint density at radius 3 is 2.42 bits per heavy atom. The lowest BCUT2D eigenvalue weighted by atomic mass is 9.85. The summed E-state index contributed by atoms with van der Waals surface area (Å²) in [4.78, 5) is 78.4. The number of likely N-dealkylation sites (N-methyl/N-ethyl adjacent to an activating group) is 1. The van der Waals surface area contributed by atoms with Crippen LogP contribution in [-0.4, -0.2) is 119 Å². The summed E-state index contributed by atoms with van der Waals surface area (Å²) in [5, 5.41) is 20.7. The van der Waals surface area contributed by atoms with Crippen molar-refractivity contribution in [2.75, 3.05) is 50.9 Å². The zero-order chi connectivity index (χ0) is 53.1. The van der Waals surface area contributed by atoms with Crippen LogP contribution in [0.15, 0.2) is 67.0 Å². The van der Waals surface area contributed by atoms with Crippen LogP contribution in [-0.2, 0) is 32.3 Å². The van der Waals surface area contributed by atoms with Crippen molar-refractivity contribution >= 4 is 41.0 Å². The van der Waals surface area contributed by atoms with Crippen molar-refractivity contribution in [1.29, 1.82) is 0 Å². The number of hydrogen-bond acceptors (Lipinski definition) is 11. The molecule has 2 aromatic carbocycles. The summed E-state index contributed by atoms with van der Waals surface area (Å²) in [5.74, 6) is -0.998. The fourth-order valence-corrected chi connectivity index (χ4v) is 10.5. The summed E-state index contributed by atoms with van der Waals surface area (Å²) in [6.45, 7) is 12.4. The molecule has 3 aliphatic heterocycles. The van der Waals surface area contributed by atoms with E-state index in [0.29, 0.717) is 68.1 Å². The van der Waals surface area contributed by atoms with Gasteiger partial charge in [-0.3, -0.25) is 28.7 Å². The van der Waals surface area contributed by atoms with Gasteiger partial charge in [-0.05, 0) is 99.8 Å². The van der Waals surface area contributed by atoms with Crippen LogP contribution in [0.1, 0.15) is 145 Å². The minimum atomic E-state index is -0.824.